The van der Waals surface area contributed by atoms with Gasteiger partial charge in [0.15, 0.2) is 12.4 Å². The molecule has 0 amide bonds. The summed E-state index contributed by atoms with van der Waals surface area (Å²) in [7, 11) is 0. The second-order valence-corrected chi connectivity index (χ2v) is 3.78. The lowest BCUT2D eigenvalue weighted by Crippen LogP contribution is -2.32. The summed E-state index contributed by atoms with van der Waals surface area (Å²) >= 11 is 0. The summed E-state index contributed by atoms with van der Waals surface area (Å²) in [4.78, 5) is 10.3. The van der Waals surface area contributed by atoms with E-state index in [-0.39, 0.29) is 6.42 Å². The average molecular weight is 220 g/mol. The number of rotatable bonds is 7. The number of nitrogens with zero attached hydrogens (tertiary/aromatic N) is 1. The Kier molecular flexibility index (Phi) is 5.26. The third-order valence-electron chi connectivity index (χ3n) is 2.46. The third kappa shape index (κ3) is 4.73. The van der Waals surface area contributed by atoms with E-state index in [0.717, 1.165) is 31.4 Å². The van der Waals surface area contributed by atoms with Gasteiger partial charge in [0.25, 0.3) is 0 Å². The lowest BCUT2D eigenvalue weighted by atomic mass is 10.2. The molecule has 1 aromatic rings. The summed E-state index contributed by atoms with van der Waals surface area (Å²) in [6.45, 7) is 4.64. The number of hydrogen-bond donors (Lipinski definition) is 1. The molecule has 3 nitrogen and oxygen atoms in total. The van der Waals surface area contributed by atoms with E-state index >= 15 is 0 Å². The van der Waals surface area contributed by atoms with Crippen molar-refractivity contribution in [2.24, 2.45) is 0 Å². The zero-order valence-electron chi connectivity index (χ0n) is 9.43. The monoisotopic (exact) mass is 220 g/mol. The predicted molar refractivity (Wildman–Crippen MR) is 62.8 cm³/mol. The maximum Gasteiger partial charge on any atom is 0.303 e. The molecule has 1 N–H and O–H groups in total. The van der Waals surface area contributed by atoms with Crippen LogP contribution < -0.4 is 4.57 Å². The van der Waals surface area contributed by atoms with E-state index in [0.29, 0.717) is 0 Å². The van der Waals surface area contributed by atoms with Crippen LogP contribution in [0.25, 0.3) is 6.08 Å². The molecule has 0 saturated carbocycles. The third-order valence-corrected chi connectivity index (χ3v) is 2.46. The molecule has 0 atom stereocenters. The van der Waals surface area contributed by atoms with Gasteiger partial charge in [-0.3, -0.25) is 4.79 Å². The van der Waals surface area contributed by atoms with Crippen LogP contribution in [0.15, 0.2) is 31.1 Å². The van der Waals surface area contributed by atoms with Gasteiger partial charge in [0, 0.05) is 25.0 Å². The Bertz CT molecular complexity index is 343. The van der Waals surface area contributed by atoms with Crippen LogP contribution in [0.1, 0.15) is 31.2 Å². The number of carboxylic acids is 1. The first kappa shape index (κ1) is 12.4. The van der Waals surface area contributed by atoms with Gasteiger partial charge in [-0.1, -0.05) is 12.7 Å². The molecule has 0 aliphatic rings. The Morgan fingerprint density at radius 1 is 1.31 bits per heavy atom. The van der Waals surface area contributed by atoms with E-state index < -0.39 is 5.97 Å². The molecule has 0 aliphatic heterocycles. The minimum Gasteiger partial charge on any atom is -0.481 e. The van der Waals surface area contributed by atoms with Crippen molar-refractivity contribution in [3.63, 3.8) is 0 Å². The van der Waals surface area contributed by atoms with Crippen molar-refractivity contribution in [2.75, 3.05) is 0 Å². The zero-order valence-corrected chi connectivity index (χ0v) is 9.43. The van der Waals surface area contributed by atoms with Crippen LogP contribution in [-0.4, -0.2) is 11.1 Å². The fourth-order valence-electron chi connectivity index (χ4n) is 1.50. The molecular weight excluding hydrogens is 202 g/mol. The molecule has 0 bridgehead atoms. The number of hydrogen-bond acceptors (Lipinski definition) is 1. The highest BCUT2D eigenvalue weighted by atomic mass is 16.4. The summed E-state index contributed by atoms with van der Waals surface area (Å²) in [6, 6.07) is 4.04. The number of carbonyl (C=O) groups is 1. The first-order valence-electron chi connectivity index (χ1n) is 5.55. The quantitative estimate of drug-likeness (QED) is 0.565. The van der Waals surface area contributed by atoms with Crippen LogP contribution in [0.3, 0.4) is 0 Å². The second-order valence-electron chi connectivity index (χ2n) is 3.78. The molecule has 0 saturated heterocycles. The van der Waals surface area contributed by atoms with E-state index in [2.05, 4.69) is 11.1 Å². The molecular formula is C13H18NO2+. The molecule has 1 rings (SSSR count). The first-order chi connectivity index (χ1) is 7.72. The van der Waals surface area contributed by atoms with Crippen molar-refractivity contribution in [2.45, 2.75) is 32.2 Å². The van der Waals surface area contributed by atoms with E-state index in [4.69, 9.17) is 5.11 Å². The molecule has 3 heteroatoms. The number of aryl methyl sites for hydroxylation is 1. The molecule has 16 heavy (non-hydrogen) atoms. The van der Waals surface area contributed by atoms with Crippen molar-refractivity contribution in [3.8, 4) is 0 Å². The van der Waals surface area contributed by atoms with Gasteiger partial charge in [0.2, 0.25) is 0 Å². The van der Waals surface area contributed by atoms with Gasteiger partial charge in [-0.05, 0) is 18.4 Å². The lowest BCUT2D eigenvalue weighted by molar-refractivity contribution is -0.697. The minimum absolute atomic E-state index is 0.278. The highest BCUT2D eigenvalue weighted by Gasteiger charge is 2.01. The van der Waals surface area contributed by atoms with Gasteiger partial charge in [-0.2, -0.15) is 0 Å². The molecule has 1 heterocycles. The van der Waals surface area contributed by atoms with Crippen LogP contribution in [0, 0.1) is 0 Å². The molecule has 0 aromatic carbocycles. The molecule has 0 aliphatic carbocycles. The summed E-state index contributed by atoms with van der Waals surface area (Å²) in [5.74, 6) is -0.706. The fraction of sp³-hybridized carbons (Fsp3) is 0.385. The van der Waals surface area contributed by atoms with Gasteiger partial charge in [-0.25, -0.2) is 4.57 Å². The molecule has 0 unspecified atom stereocenters. The van der Waals surface area contributed by atoms with Crippen molar-refractivity contribution >= 4 is 12.0 Å². The average Bonchev–Trinajstić information content (AvgIpc) is 2.29. The molecule has 0 fully saturated rings. The van der Waals surface area contributed by atoms with Gasteiger partial charge in [-0.15, -0.1) is 0 Å². The fourth-order valence-corrected chi connectivity index (χ4v) is 1.50. The largest absolute Gasteiger partial charge is 0.481 e. The van der Waals surface area contributed by atoms with Crippen LogP contribution in [-0.2, 0) is 11.3 Å². The van der Waals surface area contributed by atoms with Crippen LogP contribution in [0.5, 0.6) is 0 Å². The Morgan fingerprint density at radius 3 is 2.56 bits per heavy atom. The Balaban J connectivity index is 2.21. The summed E-state index contributed by atoms with van der Waals surface area (Å²) < 4.78 is 2.10. The van der Waals surface area contributed by atoms with Crippen LogP contribution in [0.4, 0.5) is 0 Å². The molecule has 0 radical (unpaired) electrons. The first-order valence-corrected chi connectivity index (χ1v) is 5.55. The number of aliphatic carboxylic acids is 1. The van der Waals surface area contributed by atoms with Crippen molar-refractivity contribution in [1.29, 1.82) is 0 Å². The zero-order chi connectivity index (χ0) is 11.8. The Labute approximate surface area is 96.0 Å². The van der Waals surface area contributed by atoms with Crippen LogP contribution >= 0.6 is 0 Å². The number of carboxylic acid groups (broad SMARTS) is 1. The standard InChI is InChI=1S/C13H17NO2/c1-2-12-7-10-14(11-8-12)9-5-3-4-6-13(15)16/h2,7-8,10-11H,1,3-6,9H2/p+1. The summed E-state index contributed by atoms with van der Waals surface area (Å²) in [6.07, 6.45) is 8.88. The molecule has 86 valence electrons. The summed E-state index contributed by atoms with van der Waals surface area (Å²) in [5.41, 5.74) is 1.11. The molecule has 1 aromatic heterocycles. The number of aromatic nitrogens is 1. The number of unbranched alkanes of at least 4 members (excludes halogenated alkanes) is 2. The normalized spacial score (nSPS) is 10.0. The van der Waals surface area contributed by atoms with Crippen molar-refractivity contribution < 1.29 is 14.5 Å². The smallest absolute Gasteiger partial charge is 0.303 e. The van der Waals surface area contributed by atoms with E-state index in [9.17, 15) is 4.79 Å². The second kappa shape index (κ2) is 6.77. The van der Waals surface area contributed by atoms with Crippen molar-refractivity contribution in [3.05, 3.63) is 36.7 Å². The van der Waals surface area contributed by atoms with Crippen LogP contribution in [0.2, 0.25) is 0 Å². The van der Waals surface area contributed by atoms with E-state index in [1.807, 2.05) is 30.6 Å². The van der Waals surface area contributed by atoms with Gasteiger partial charge >= 0.3 is 5.97 Å². The van der Waals surface area contributed by atoms with Crippen molar-refractivity contribution in [1.82, 2.24) is 0 Å². The van der Waals surface area contributed by atoms with Gasteiger partial charge < -0.3 is 5.11 Å². The minimum atomic E-state index is -0.706. The Hall–Kier alpha value is -1.64. The number of pyridine rings is 1. The van der Waals surface area contributed by atoms with Gasteiger partial charge in [0.1, 0.15) is 6.54 Å². The SMILES string of the molecule is C=Cc1cc[n+](CCCCCC(=O)O)cc1. The summed E-state index contributed by atoms with van der Waals surface area (Å²) in [5, 5.41) is 8.47. The maximum atomic E-state index is 10.3. The topological polar surface area (TPSA) is 41.2 Å². The van der Waals surface area contributed by atoms with E-state index in [1.54, 1.807) is 0 Å². The predicted octanol–water partition coefficient (Wildman–Crippen LogP) is 2.26. The Morgan fingerprint density at radius 2 is 2.00 bits per heavy atom. The highest BCUT2D eigenvalue weighted by molar-refractivity contribution is 5.66. The maximum absolute atomic E-state index is 10.3. The molecule has 0 spiro atoms. The lowest BCUT2D eigenvalue weighted by Gasteiger charge is -1.97. The highest BCUT2D eigenvalue weighted by Crippen LogP contribution is 2.00. The van der Waals surface area contributed by atoms with E-state index in [1.165, 1.54) is 0 Å². The van der Waals surface area contributed by atoms with Gasteiger partial charge in [0.05, 0.1) is 0 Å².